The molecule has 0 saturated carbocycles. The van der Waals surface area contributed by atoms with E-state index < -0.39 is 18.0 Å². The highest BCUT2D eigenvalue weighted by Gasteiger charge is 2.19. The molecule has 0 saturated heterocycles. The lowest BCUT2D eigenvalue weighted by Crippen LogP contribution is -2.30. The minimum absolute atomic E-state index is 0.224. The molecule has 1 atom stereocenters. The first-order valence-electron chi connectivity index (χ1n) is 8.71. The normalized spacial score (nSPS) is 11.4. The molecule has 2 aromatic carbocycles. The van der Waals surface area contributed by atoms with E-state index in [1.807, 2.05) is 19.1 Å². The number of halogens is 1. The number of esters is 1. The molecular formula is C21H17ClN4O3. The second-order valence-electron chi connectivity index (χ2n) is 6.27. The molecule has 1 aromatic heterocycles. The van der Waals surface area contributed by atoms with Gasteiger partial charge in [0.15, 0.2) is 6.10 Å². The Hall–Kier alpha value is -3.63. The van der Waals surface area contributed by atoms with Gasteiger partial charge in [-0.3, -0.25) is 4.79 Å². The highest BCUT2D eigenvalue weighted by molar-refractivity contribution is 6.32. The van der Waals surface area contributed by atoms with Crippen molar-refractivity contribution in [2.75, 3.05) is 5.32 Å². The Bertz CT molecular complexity index is 1100. The molecule has 1 N–H and O–H groups in total. The summed E-state index contributed by atoms with van der Waals surface area (Å²) < 4.78 is 6.99. The number of anilines is 1. The third kappa shape index (κ3) is 4.62. The van der Waals surface area contributed by atoms with Gasteiger partial charge in [0.05, 0.1) is 21.8 Å². The molecule has 3 rings (SSSR count). The maximum absolute atomic E-state index is 12.3. The summed E-state index contributed by atoms with van der Waals surface area (Å²) in [5.41, 5.74) is 2.81. The average Bonchev–Trinajstić information content (AvgIpc) is 3.14. The van der Waals surface area contributed by atoms with Crippen LogP contribution in [0.5, 0.6) is 0 Å². The molecule has 1 unspecified atom stereocenters. The average molecular weight is 409 g/mol. The number of aromatic nitrogens is 2. The van der Waals surface area contributed by atoms with Gasteiger partial charge in [-0.2, -0.15) is 10.4 Å². The lowest BCUT2D eigenvalue weighted by molar-refractivity contribution is -0.123. The minimum Gasteiger partial charge on any atom is -0.449 e. The lowest BCUT2D eigenvalue weighted by atomic mass is 10.2. The third-order valence-corrected chi connectivity index (χ3v) is 4.50. The number of hydrogen-bond acceptors (Lipinski definition) is 5. The molecule has 0 aliphatic carbocycles. The van der Waals surface area contributed by atoms with Gasteiger partial charge in [-0.05, 0) is 62.4 Å². The monoisotopic (exact) mass is 408 g/mol. The molecule has 1 amide bonds. The molecule has 7 nitrogen and oxygen atoms in total. The topological polar surface area (TPSA) is 97.0 Å². The summed E-state index contributed by atoms with van der Waals surface area (Å²) >= 11 is 5.95. The van der Waals surface area contributed by atoms with E-state index in [0.717, 1.165) is 11.4 Å². The van der Waals surface area contributed by atoms with E-state index >= 15 is 0 Å². The molecule has 0 aliphatic rings. The van der Waals surface area contributed by atoms with Crippen molar-refractivity contribution in [3.05, 3.63) is 76.6 Å². The third-order valence-electron chi connectivity index (χ3n) is 4.19. The quantitative estimate of drug-likeness (QED) is 0.646. The zero-order chi connectivity index (χ0) is 21.0. The standard InChI is InChI=1S/C21H17ClN4O3/c1-13-9-10-24-26(13)18-7-4-15(5-8-18)21(28)29-14(2)20(27)25-17-6-3-16(12-23)19(22)11-17/h3-11,14H,1-2H3,(H,25,27). The highest BCUT2D eigenvalue weighted by atomic mass is 35.5. The largest absolute Gasteiger partial charge is 0.449 e. The number of aryl methyl sites for hydroxylation is 1. The number of rotatable bonds is 5. The fourth-order valence-electron chi connectivity index (χ4n) is 2.59. The number of nitrogens with one attached hydrogen (secondary N) is 1. The lowest BCUT2D eigenvalue weighted by Gasteiger charge is -2.14. The summed E-state index contributed by atoms with van der Waals surface area (Å²) in [6.45, 7) is 3.40. The van der Waals surface area contributed by atoms with Crippen LogP contribution in [-0.2, 0) is 9.53 Å². The number of hydrogen-bond donors (Lipinski definition) is 1. The van der Waals surface area contributed by atoms with Crippen molar-refractivity contribution in [3.8, 4) is 11.8 Å². The Morgan fingerprint density at radius 3 is 2.52 bits per heavy atom. The van der Waals surface area contributed by atoms with Crippen LogP contribution in [-0.4, -0.2) is 27.8 Å². The van der Waals surface area contributed by atoms with Gasteiger partial charge in [0, 0.05) is 17.6 Å². The molecule has 29 heavy (non-hydrogen) atoms. The molecule has 0 aliphatic heterocycles. The van der Waals surface area contributed by atoms with Crippen LogP contribution < -0.4 is 5.32 Å². The first-order chi connectivity index (χ1) is 13.9. The van der Waals surface area contributed by atoms with Crippen LogP contribution in [0.2, 0.25) is 5.02 Å². The summed E-state index contributed by atoms with van der Waals surface area (Å²) in [5, 5.41) is 15.9. The Labute approximate surface area is 172 Å². The van der Waals surface area contributed by atoms with Crippen molar-refractivity contribution in [2.45, 2.75) is 20.0 Å². The summed E-state index contributed by atoms with van der Waals surface area (Å²) in [4.78, 5) is 24.6. The van der Waals surface area contributed by atoms with Crippen LogP contribution in [0.1, 0.15) is 28.5 Å². The minimum atomic E-state index is -1.02. The zero-order valence-electron chi connectivity index (χ0n) is 15.7. The van der Waals surface area contributed by atoms with Gasteiger partial charge in [0.1, 0.15) is 6.07 Å². The van der Waals surface area contributed by atoms with Crippen molar-refractivity contribution in [2.24, 2.45) is 0 Å². The van der Waals surface area contributed by atoms with E-state index in [0.29, 0.717) is 16.8 Å². The van der Waals surface area contributed by atoms with Gasteiger partial charge in [0.25, 0.3) is 5.91 Å². The van der Waals surface area contributed by atoms with E-state index in [1.54, 1.807) is 41.2 Å². The Morgan fingerprint density at radius 1 is 1.21 bits per heavy atom. The van der Waals surface area contributed by atoms with E-state index in [9.17, 15) is 9.59 Å². The van der Waals surface area contributed by atoms with Crippen molar-refractivity contribution in [3.63, 3.8) is 0 Å². The van der Waals surface area contributed by atoms with Gasteiger partial charge >= 0.3 is 5.97 Å². The van der Waals surface area contributed by atoms with Gasteiger partial charge in [-0.15, -0.1) is 0 Å². The van der Waals surface area contributed by atoms with Crippen molar-refractivity contribution in [1.29, 1.82) is 5.26 Å². The van der Waals surface area contributed by atoms with E-state index in [2.05, 4.69) is 10.4 Å². The molecule has 8 heteroatoms. The van der Waals surface area contributed by atoms with Gasteiger partial charge in [-0.25, -0.2) is 9.48 Å². The van der Waals surface area contributed by atoms with Crippen molar-refractivity contribution >= 4 is 29.2 Å². The Kier molecular flexibility index (Phi) is 5.96. The SMILES string of the molecule is Cc1ccnn1-c1ccc(C(=O)OC(C)C(=O)Nc2ccc(C#N)c(Cl)c2)cc1. The Balaban J connectivity index is 1.62. The molecule has 146 valence electrons. The Morgan fingerprint density at radius 2 is 1.93 bits per heavy atom. The van der Waals surface area contributed by atoms with Crippen LogP contribution in [0.4, 0.5) is 5.69 Å². The fraction of sp³-hybridized carbons (Fsp3) is 0.143. The number of carbonyl (C=O) groups excluding carboxylic acids is 2. The number of nitrogens with zero attached hydrogens (tertiary/aromatic N) is 3. The smallest absolute Gasteiger partial charge is 0.338 e. The molecule has 0 bridgehead atoms. The molecule has 0 radical (unpaired) electrons. The maximum Gasteiger partial charge on any atom is 0.338 e. The van der Waals surface area contributed by atoms with Crippen LogP contribution in [0.15, 0.2) is 54.7 Å². The number of nitriles is 1. The molecule has 0 fully saturated rings. The number of benzene rings is 2. The van der Waals surface area contributed by atoms with Crippen LogP contribution in [0, 0.1) is 18.3 Å². The predicted octanol–water partition coefficient (Wildman–Crippen LogP) is 3.89. The van der Waals surface area contributed by atoms with Crippen LogP contribution in [0.25, 0.3) is 5.69 Å². The molecule has 3 aromatic rings. The highest BCUT2D eigenvalue weighted by Crippen LogP contribution is 2.20. The summed E-state index contributed by atoms with van der Waals surface area (Å²) in [7, 11) is 0. The van der Waals surface area contributed by atoms with E-state index in [1.165, 1.54) is 19.1 Å². The molecular weight excluding hydrogens is 392 g/mol. The summed E-state index contributed by atoms with van der Waals surface area (Å²) in [6.07, 6.45) is 0.670. The van der Waals surface area contributed by atoms with Crippen LogP contribution in [0.3, 0.4) is 0 Å². The zero-order valence-corrected chi connectivity index (χ0v) is 16.5. The van der Waals surface area contributed by atoms with Gasteiger partial charge < -0.3 is 10.1 Å². The first-order valence-corrected chi connectivity index (χ1v) is 9.09. The van der Waals surface area contributed by atoms with Gasteiger partial charge in [-0.1, -0.05) is 11.6 Å². The van der Waals surface area contributed by atoms with Crippen LogP contribution >= 0.6 is 11.6 Å². The summed E-state index contributed by atoms with van der Waals surface area (Å²) in [5.74, 6) is -1.13. The fourth-order valence-corrected chi connectivity index (χ4v) is 2.81. The second kappa shape index (κ2) is 8.59. The number of ether oxygens (including phenoxy) is 1. The van der Waals surface area contributed by atoms with E-state index in [4.69, 9.17) is 21.6 Å². The maximum atomic E-state index is 12.3. The van der Waals surface area contributed by atoms with Crippen molar-refractivity contribution in [1.82, 2.24) is 9.78 Å². The molecule has 0 spiro atoms. The molecule has 1 heterocycles. The van der Waals surface area contributed by atoms with Crippen molar-refractivity contribution < 1.29 is 14.3 Å². The number of amides is 1. The first kappa shape index (κ1) is 20.1. The van der Waals surface area contributed by atoms with E-state index in [-0.39, 0.29) is 5.02 Å². The second-order valence-corrected chi connectivity index (χ2v) is 6.68. The predicted molar refractivity (Wildman–Crippen MR) is 108 cm³/mol. The summed E-state index contributed by atoms with van der Waals surface area (Å²) in [6, 6.07) is 15.1. The number of carbonyl (C=O) groups is 2. The van der Waals surface area contributed by atoms with Gasteiger partial charge in [0.2, 0.25) is 0 Å².